The van der Waals surface area contributed by atoms with Crippen LogP contribution in [0.1, 0.15) is 26.0 Å². The minimum atomic E-state index is -1.03. The van der Waals surface area contributed by atoms with Gasteiger partial charge in [0.1, 0.15) is 6.04 Å². The number of hydrogen-bond donors (Lipinski definition) is 3. The maximum atomic E-state index is 12.1. The van der Waals surface area contributed by atoms with Gasteiger partial charge in [-0.2, -0.15) is 0 Å². The molecule has 1 unspecified atom stereocenters. The first-order chi connectivity index (χ1) is 10.9. The lowest BCUT2D eigenvalue weighted by Crippen LogP contribution is -2.42. The second-order valence-electron chi connectivity index (χ2n) is 5.99. The molecule has 6 nitrogen and oxygen atoms in total. The number of nitrogens with zero attached hydrogens (tertiary/aromatic N) is 1. The van der Waals surface area contributed by atoms with Gasteiger partial charge in [-0.25, -0.2) is 4.79 Å². The second-order valence-corrected chi connectivity index (χ2v) is 5.99. The summed E-state index contributed by atoms with van der Waals surface area (Å²) in [5, 5.41) is 12.6. The van der Waals surface area contributed by atoms with Gasteiger partial charge < -0.3 is 16.2 Å². The monoisotopic (exact) mass is 315 g/mol. The van der Waals surface area contributed by atoms with Gasteiger partial charge in [0, 0.05) is 5.39 Å². The Hall–Kier alpha value is -2.63. The van der Waals surface area contributed by atoms with Crippen LogP contribution in [0.2, 0.25) is 0 Å². The molecule has 0 aliphatic heterocycles. The van der Waals surface area contributed by atoms with Crippen molar-refractivity contribution >= 4 is 28.5 Å². The number of hydrogen-bond acceptors (Lipinski definition) is 4. The minimum Gasteiger partial charge on any atom is -0.480 e. The van der Waals surface area contributed by atoms with Crippen LogP contribution < -0.4 is 11.1 Å². The second kappa shape index (κ2) is 7.09. The Kier molecular flexibility index (Phi) is 5.16. The van der Waals surface area contributed by atoms with E-state index in [1.807, 2.05) is 32.0 Å². The molecule has 2 aromatic rings. The molecule has 6 heteroatoms. The maximum absolute atomic E-state index is 12.1. The van der Waals surface area contributed by atoms with Crippen molar-refractivity contribution in [1.29, 1.82) is 0 Å². The van der Waals surface area contributed by atoms with E-state index in [4.69, 9.17) is 10.8 Å². The van der Waals surface area contributed by atoms with Crippen LogP contribution in [0, 0.1) is 5.92 Å². The van der Waals surface area contributed by atoms with Crippen LogP contribution in [0.5, 0.6) is 0 Å². The Morgan fingerprint density at radius 1 is 1.26 bits per heavy atom. The highest BCUT2D eigenvalue weighted by atomic mass is 16.4. The highest BCUT2D eigenvalue weighted by Crippen LogP contribution is 2.19. The molecule has 0 spiro atoms. The molecule has 0 bridgehead atoms. The summed E-state index contributed by atoms with van der Waals surface area (Å²) in [7, 11) is 0. The molecule has 0 aliphatic carbocycles. The summed E-state index contributed by atoms with van der Waals surface area (Å²) >= 11 is 0. The van der Waals surface area contributed by atoms with E-state index in [1.165, 1.54) is 0 Å². The summed E-state index contributed by atoms with van der Waals surface area (Å²) in [5.74, 6) is -1.21. The molecule has 4 N–H and O–H groups in total. The standard InChI is InChI=1S/C17H21N3O3/c1-10(2)8-14(17(22)23)20-15(21)9-12-7-6-11-4-3-5-13(18)16(11)19-12/h3-7,10,14H,8-9,18H2,1-2H3,(H,20,21)(H,22,23). The number of anilines is 1. The molecule has 1 heterocycles. The number of carboxylic acid groups (broad SMARTS) is 1. The van der Waals surface area contributed by atoms with Crippen molar-refractivity contribution in [3.8, 4) is 0 Å². The highest BCUT2D eigenvalue weighted by Gasteiger charge is 2.21. The number of para-hydroxylation sites is 1. The van der Waals surface area contributed by atoms with Crippen LogP contribution in [0.15, 0.2) is 30.3 Å². The van der Waals surface area contributed by atoms with Gasteiger partial charge in [-0.15, -0.1) is 0 Å². The first-order valence-corrected chi connectivity index (χ1v) is 7.53. The number of pyridine rings is 1. The molecule has 0 aliphatic rings. The molecule has 122 valence electrons. The Bertz CT molecular complexity index is 728. The zero-order valence-corrected chi connectivity index (χ0v) is 13.2. The normalized spacial score (nSPS) is 12.3. The molecular weight excluding hydrogens is 294 g/mol. The molecule has 0 saturated carbocycles. The average Bonchev–Trinajstić information content (AvgIpc) is 2.47. The molecule has 0 fully saturated rings. The van der Waals surface area contributed by atoms with Crippen molar-refractivity contribution in [2.24, 2.45) is 5.92 Å². The van der Waals surface area contributed by atoms with Crippen LogP contribution in [0.3, 0.4) is 0 Å². The number of rotatable bonds is 6. The quantitative estimate of drug-likeness (QED) is 0.707. The summed E-state index contributed by atoms with van der Waals surface area (Å²) in [6.07, 6.45) is 0.408. The van der Waals surface area contributed by atoms with E-state index in [-0.39, 0.29) is 18.2 Å². The third-order valence-electron chi connectivity index (χ3n) is 3.49. The van der Waals surface area contributed by atoms with Gasteiger partial charge in [-0.3, -0.25) is 9.78 Å². The smallest absolute Gasteiger partial charge is 0.326 e. The van der Waals surface area contributed by atoms with Gasteiger partial charge in [0.25, 0.3) is 0 Å². The van der Waals surface area contributed by atoms with Crippen LogP contribution in [-0.4, -0.2) is 28.0 Å². The summed E-state index contributed by atoms with van der Waals surface area (Å²) in [4.78, 5) is 27.7. The number of carbonyl (C=O) groups is 2. The van der Waals surface area contributed by atoms with E-state index in [1.54, 1.807) is 12.1 Å². The van der Waals surface area contributed by atoms with Crippen molar-refractivity contribution in [1.82, 2.24) is 10.3 Å². The van der Waals surface area contributed by atoms with E-state index in [9.17, 15) is 9.59 Å². The lowest BCUT2D eigenvalue weighted by Gasteiger charge is -2.16. The predicted molar refractivity (Wildman–Crippen MR) is 88.9 cm³/mol. The first kappa shape index (κ1) is 16.7. The predicted octanol–water partition coefficient (Wildman–Crippen LogP) is 1.97. The zero-order valence-electron chi connectivity index (χ0n) is 13.2. The molecule has 2 rings (SSSR count). The number of aromatic nitrogens is 1. The number of fused-ring (bicyclic) bond motifs is 1. The third kappa shape index (κ3) is 4.42. The zero-order chi connectivity index (χ0) is 17.0. The number of amides is 1. The lowest BCUT2D eigenvalue weighted by atomic mass is 10.0. The average molecular weight is 315 g/mol. The Labute approximate surface area is 134 Å². The summed E-state index contributed by atoms with van der Waals surface area (Å²) in [6, 6.07) is 8.21. The number of nitrogen functional groups attached to an aromatic ring is 1. The highest BCUT2D eigenvalue weighted by molar-refractivity contribution is 5.90. The molecule has 0 saturated heterocycles. The van der Waals surface area contributed by atoms with Gasteiger partial charge in [0.05, 0.1) is 23.3 Å². The van der Waals surface area contributed by atoms with E-state index in [0.29, 0.717) is 23.3 Å². The van der Waals surface area contributed by atoms with Gasteiger partial charge in [0.15, 0.2) is 0 Å². The van der Waals surface area contributed by atoms with Gasteiger partial charge >= 0.3 is 5.97 Å². The summed E-state index contributed by atoms with van der Waals surface area (Å²) < 4.78 is 0. The van der Waals surface area contributed by atoms with Crippen LogP contribution in [-0.2, 0) is 16.0 Å². The third-order valence-corrected chi connectivity index (χ3v) is 3.49. The number of nitrogens with two attached hydrogens (primary N) is 1. The van der Waals surface area contributed by atoms with Gasteiger partial charge in [-0.1, -0.05) is 32.0 Å². The fraction of sp³-hybridized carbons (Fsp3) is 0.353. The van der Waals surface area contributed by atoms with Gasteiger partial charge in [-0.05, 0) is 24.5 Å². The topological polar surface area (TPSA) is 105 Å². The van der Waals surface area contributed by atoms with Crippen LogP contribution in [0.4, 0.5) is 5.69 Å². The fourth-order valence-corrected chi connectivity index (χ4v) is 2.41. The SMILES string of the molecule is CC(C)CC(NC(=O)Cc1ccc2cccc(N)c2n1)C(=O)O. The van der Waals surface area contributed by atoms with Gasteiger partial charge in [0.2, 0.25) is 5.91 Å². The Morgan fingerprint density at radius 2 is 2.00 bits per heavy atom. The lowest BCUT2D eigenvalue weighted by molar-refractivity contribution is -0.142. The fourth-order valence-electron chi connectivity index (χ4n) is 2.41. The molecule has 23 heavy (non-hydrogen) atoms. The number of aliphatic carboxylic acids is 1. The molecule has 1 atom stereocenters. The van der Waals surface area contributed by atoms with Crippen LogP contribution >= 0.6 is 0 Å². The molecule has 1 aromatic carbocycles. The maximum Gasteiger partial charge on any atom is 0.326 e. The molecule has 0 radical (unpaired) electrons. The van der Waals surface area contributed by atoms with E-state index in [0.717, 1.165) is 5.39 Å². The minimum absolute atomic E-state index is 0.0200. The van der Waals surface area contributed by atoms with E-state index in [2.05, 4.69) is 10.3 Å². The molecule has 1 aromatic heterocycles. The van der Waals surface area contributed by atoms with Crippen molar-refractivity contribution < 1.29 is 14.7 Å². The molecule has 1 amide bonds. The Morgan fingerprint density at radius 3 is 2.65 bits per heavy atom. The van der Waals surface area contributed by atoms with Crippen molar-refractivity contribution in [3.63, 3.8) is 0 Å². The van der Waals surface area contributed by atoms with Crippen LogP contribution in [0.25, 0.3) is 10.9 Å². The summed E-state index contributed by atoms with van der Waals surface area (Å²) in [5.41, 5.74) is 7.64. The number of nitrogens with one attached hydrogen (secondary N) is 1. The summed E-state index contributed by atoms with van der Waals surface area (Å²) in [6.45, 7) is 3.82. The Balaban J connectivity index is 2.10. The van der Waals surface area contributed by atoms with E-state index >= 15 is 0 Å². The number of benzene rings is 1. The first-order valence-electron chi connectivity index (χ1n) is 7.53. The van der Waals surface area contributed by atoms with E-state index < -0.39 is 12.0 Å². The number of carbonyl (C=O) groups excluding carboxylic acids is 1. The number of carboxylic acids is 1. The largest absolute Gasteiger partial charge is 0.480 e. The van der Waals surface area contributed by atoms with Crippen molar-refractivity contribution in [2.75, 3.05) is 5.73 Å². The van der Waals surface area contributed by atoms with Crippen molar-refractivity contribution in [3.05, 3.63) is 36.0 Å². The molecular formula is C17H21N3O3. The van der Waals surface area contributed by atoms with Crippen molar-refractivity contribution in [2.45, 2.75) is 32.7 Å².